The van der Waals surface area contributed by atoms with E-state index in [0.29, 0.717) is 23.5 Å². The summed E-state index contributed by atoms with van der Waals surface area (Å²) in [5.74, 6) is 0.397. The molecule has 1 aromatic carbocycles. The van der Waals surface area contributed by atoms with E-state index in [-0.39, 0.29) is 10.8 Å². The Labute approximate surface area is 110 Å². The number of rotatable bonds is 4. The first-order valence-electron chi connectivity index (χ1n) is 6.32. The van der Waals surface area contributed by atoms with Crippen molar-refractivity contribution in [2.45, 2.75) is 57.8 Å². The Morgan fingerprint density at radius 3 is 2.00 bits per heavy atom. The maximum Gasteiger partial charge on any atom is 0.295 e. The third-order valence-electron chi connectivity index (χ3n) is 3.14. The molecule has 102 valence electrons. The zero-order valence-corrected chi connectivity index (χ0v) is 12.5. The first kappa shape index (κ1) is 15.2. The minimum Gasteiger partial charge on any atom is -0.282 e. The van der Waals surface area contributed by atoms with Crippen LogP contribution in [0.25, 0.3) is 0 Å². The van der Waals surface area contributed by atoms with Gasteiger partial charge in [-0.1, -0.05) is 46.8 Å². The van der Waals surface area contributed by atoms with Crippen molar-refractivity contribution in [1.82, 2.24) is 0 Å². The van der Waals surface area contributed by atoms with Gasteiger partial charge in [-0.3, -0.25) is 4.55 Å². The van der Waals surface area contributed by atoms with E-state index in [1.165, 1.54) is 0 Å². The van der Waals surface area contributed by atoms with Gasteiger partial charge in [-0.15, -0.1) is 0 Å². The monoisotopic (exact) mass is 270 g/mol. The normalized spacial score (nSPS) is 12.4. The molecule has 0 saturated carbocycles. The summed E-state index contributed by atoms with van der Waals surface area (Å²) in [6, 6.07) is 3.79. The molecule has 0 saturated heterocycles. The third kappa shape index (κ3) is 3.12. The number of benzene rings is 1. The summed E-state index contributed by atoms with van der Waals surface area (Å²) in [5, 5.41) is 0. The number of hydrogen-bond acceptors (Lipinski definition) is 2. The van der Waals surface area contributed by atoms with Crippen LogP contribution in [0.4, 0.5) is 0 Å². The van der Waals surface area contributed by atoms with Crippen LogP contribution in [0.15, 0.2) is 17.0 Å². The summed E-state index contributed by atoms with van der Waals surface area (Å²) in [5.41, 5.74) is 2.52. The Balaban J connectivity index is 3.68. The third-order valence-corrected chi connectivity index (χ3v) is 4.16. The van der Waals surface area contributed by atoms with E-state index in [0.717, 1.165) is 5.56 Å². The van der Waals surface area contributed by atoms with E-state index in [2.05, 4.69) is 13.8 Å². The van der Waals surface area contributed by atoms with Gasteiger partial charge in [0.1, 0.15) is 4.90 Å². The smallest absolute Gasteiger partial charge is 0.282 e. The van der Waals surface area contributed by atoms with Crippen molar-refractivity contribution in [2.75, 3.05) is 0 Å². The molecule has 0 atom stereocenters. The molecule has 0 amide bonds. The topological polar surface area (TPSA) is 54.4 Å². The minimum absolute atomic E-state index is 0.0610. The second-order valence-corrected chi connectivity index (χ2v) is 6.59. The fourth-order valence-electron chi connectivity index (χ4n) is 2.08. The summed E-state index contributed by atoms with van der Waals surface area (Å²) in [4.78, 5) is 0.101. The SMILES string of the molecule is CCc1cc(C(C)C)cc(C(C)C)c1S(=O)(=O)O. The molecule has 1 rings (SSSR count). The summed E-state index contributed by atoms with van der Waals surface area (Å²) < 4.78 is 32.6. The van der Waals surface area contributed by atoms with Crippen LogP contribution in [-0.2, 0) is 16.5 Å². The standard InChI is InChI=1S/C14H22O3S/c1-6-11-7-12(9(2)3)8-13(10(4)5)14(11)18(15,16)17/h7-10H,6H2,1-5H3,(H,15,16,17). The van der Waals surface area contributed by atoms with Crippen LogP contribution < -0.4 is 0 Å². The lowest BCUT2D eigenvalue weighted by molar-refractivity contribution is 0.480. The van der Waals surface area contributed by atoms with Gasteiger partial charge in [-0.25, -0.2) is 0 Å². The molecular weight excluding hydrogens is 248 g/mol. The van der Waals surface area contributed by atoms with Crippen LogP contribution >= 0.6 is 0 Å². The second kappa shape index (κ2) is 5.41. The molecule has 0 aliphatic heterocycles. The highest BCUT2D eigenvalue weighted by Crippen LogP contribution is 2.31. The Bertz CT molecular complexity index is 528. The van der Waals surface area contributed by atoms with Gasteiger partial charge in [-0.05, 0) is 34.9 Å². The first-order valence-corrected chi connectivity index (χ1v) is 7.76. The van der Waals surface area contributed by atoms with Crippen molar-refractivity contribution in [3.63, 3.8) is 0 Å². The Hall–Kier alpha value is -0.870. The first-order chi connectivity index (χ1) is 8.18. The average molecular weight is 270 g/mol. The lowest BCUT2D eigenvalue weighted by Gasteiger charge is -2.18. The molecule has 18 heavy (non-hydrogen) atoms. The van der Waals surface area contributed by atoms with Crippen LogP contribution in [-0.4, -0.2) is 13.0 Å². The van der Waals surface area contributed by atoms with Crippen molar-refractivity contribution < 1.29 is 13.0 Å². The molecule has 0 aromatic heterocycles. The van der Waals surface area contributed by atoms with Crippen LogP contribution in [0.2, 0.25) is 0 Å². The highest BCUT2D eigenvalue weighted by atomic mass is 32.2. The van der Waals surface area contributed by atoms with E-state index in [1.807, 2.05) is 32.9 Å². The highest BCUT2D eigenvalue weighted by Gasteiger charge is 2.22. The van der Waals surface area contributed by atoms with E-state index in [4.69, 9.17) is 0 Å². The summed E-state index contributed by atoms with van der Waals surface area (Å²) in [6.07, 6.45) is 0.593. The van der Waals surface area contributed by atoms with Gasteiger partial charge < -0.3 is 0 Å². The van der Waals surface area contributed by atoms with Crippen LogP contribution in [0.1, 0.15) is 63.1 Å². The van der Waals surface area contributed by atoms with Gasteiger partial charge in [-0.2, -0.15) is 8.42 Å². The fraction of sp³-hybridized carbons (Fsp3) is 0.571. The predicted octanol–water partition coefficient (Wildman–Crippen LogP) is 3.74. The zero-order valence-electron chi connectivity index (χ0n) is 11.7. The quantitative estimate of drug-likeness (QED) is 0.848. The zero-order chi connectivity index (χ0) is 14.1. The second-order valence-electron chi connectivity index (χ2n) is 5.24. The van der Waals surface area contributed by atoms with E-state index < -0.39 is 10.1 Å². The van der Waals surface area contributed by atoms with Crippen molar-refractivity contribution in [3.05, 3.63) is 28.8 Å². The molecule has 0 heterocycles. The molecule has 0 spiro atoms. The number of hydrogen-bond donors (Lipinski definition) is 1. The van der Waals surface area contributed by atoms with E-state index >= 15 is 0 Å². The van der Waals surface area contributed by atoms with Gasteiger partial charge >= 0.3 is 0 Å². The Morgan fingerprint density at radius 2 is 1.67 bits per heavy atom. The van der Waals surface area contributed by atoms with Crippen molar-refractivity contribution >= 4 is 10.1 Å². The van der Waals surface area contributed by atoms with Gasteiger partial charge in [0.05, 0.1) is 0 Å². The molecule has 1 aromatic rings. The van der Waals surface area contributed by atoms with Gasteiger partial charge in [0.25, 0.3) is 10.1 Å². The molecule has 0 bridgehead atoms. The summed E-state index contributed by atoms with van der Waals surface area (Å²) in [7, 11) is -4.16. The van der Waals surface area contributed by atoms with Crippen LogP contribution in [0, 0.1) is 0 Å². The van der Waals surface area contributed by atoms with Gasteiger partial charge in [0, 0.05) is 0 Å². The van der Waals surface area contributed by atoms with Crippen molar-refractivity contribution in [3.8, 4) is 0 Å². The molecule has 0 aliphatic carbocycles. The van der Waals surface area contributed by atoms with Crippen molar-refractivity contribution in [1.29, 1.82) is 0 Å². The Morgan fingerprint density at radius 1 is 1.11 bits per heavy atom. The molecule has 0 aliphatic rings. The molecule has 0 fully saturated rings. The number of aryl methyl sites for hydroxylation is 1. The molecule has 1 N–H and O–H groups in total. The maximum absolute atomic E-state index is 11.6. The molecular formula is C14H22O3S. The Kier molecular flexibility index (Phi) is 4.56. The molecule has 4 heteroatoms. The van der Waals surface area contributed by atoms with E-state index in [1.54, 1.807) is 0 Å². The van der Waals surface area contributed by atoms with Crippen LogP contribution in [0.3, 0.4) is 0 Å². The van der Waals surface area contributed by atoms with E-state index in [9.17, 15) is 13.0 Å². The van der Waals surface area contributed by atoms with Gasteiger partial charge in [0.2, 0.25) is 0 Å². The minimum atomic E-state index is -4.16. The van der Waals surface area contributed by atoms with Gasteiger partial charge in [0.15, 0.2) is 0 Å². The van der Waals surface area contributed by atoms with Crippen molar-refractivity contribution in [2.24, 2.45) is 0 Å². The fourth-order valence-corrected chi connectivity index (χ4v) is 3.21. The highest BCUT2D eigenvalue weighted by molar-refractivity contribution is 7.86. The molecule has 3 nitrogen and oxygen atoms in total. The lowest BCUT2D eigenvalue weighted by Crippen LogP contribution is -2.10. The molecule has 0 radical (unpaired) electrons. The summed E-state index contributed by atoms with van der Waals surface area (Å²) in [6.45, 7) is 9.93. The largest absolute Gasteiger partial charge is 0.295 e. The van der Waals surface area contributed by atoms with Crippen LogP contribution in [0.5, 0.6) is 0 Å². The molecule has 0 unspecified atom stereocenters. The average Bonchev–Trinajstić information content (AvgIpc) is 2.25. The predicted molar refractivity (Wildman–Crippen MR) is 73.8 cm³/mol. The lowest BCUT2D eigenvalue weighted by atomic mass is 9.92. The summed E-state index contributed by atoms with van der Waals surface area (Å²) >= 11 is 0. The maximum atomic E-state index is 11.6.